The van der Waals surface area contributed by atoms with E-state index >= 15 is 0 Å². The topological polar surface area (TPSA) is 36.9 Å². The van der Waals surface area contributed by atoms with Gasteiger partial charge in [0.2, 0.25) is 0 Å². The molecule has 16 heteroatoms. The van der Waals surface area contributed by atoms with Gasteiger partial charge in [0.1, 0.15) is 0 Å². The van der Waals surface area contributed by atoms with E-state index in [0.29, 0.717) is 0 Å². The molecule has 0 aromatic carbocycles. The Labute approximate surface area is 127 Å². The molecule has 2 heterocycles. The molecule has 144 valence electrons. The van der Waals surface area contributed by atoms with Gasteiger partial charge in [-0.3, -0.25) is 0 Å². The van der Waals surface area contributed by atoms with Crippen LogP contribution < -0.4 is 0 Å². The maximum Gasteiger partial charge on any atom is 0.480 e. The van der Waals surface area contributed by atoms with Crippen LogP contribution in [-0.2, 0) is 18.9 Å². The zero-order valence-electron chi connectivity index (χ0n) is 10.7. The first-order chi connectivity index (χ1) is 11.0. The van der Waals surface area contributed by atoms with Crippen molar-refractivity contribution < 1.29 is 71.6 Å². The Morgan fingerprint density at radius 1 is 0.600 bits per heavy atom. The molecule has 2 rings (SSSR count). The van der Waals surface area contributed by atoms with Gasteiger partial charge in [0, 0.05) is 0 Å². The van der Waals surface area contributed by atoms with E-state index in [-0.39, 0.29) is 0 Å². The molecular weight excluding hydrogens is 400 g/mol. The molecule has 2 unspecified atom stereocenters. The highest BCUT2D eigenvalue weighted by atomic mass is 19.3. The fourth-order valence-corrected chi connectivity index (χ4v) is 1.63. The highest BCUT2D eigenvalue weighted by molar-refractivity contribution is 5.14. The van der Waals surface area contributed by atoms with E-state index in [2.05, 4.69) is 18.9 Å². The van der Waals surface area contributed by atoms with E-state index in [1.807, 2.05) is 0 Å². The Balaban J connectivity index is 2.61. The zero-order chi connectivity index (χ0) is 19.6. The van der Waals surface area contributed by atoms with Crippen LogP contribution in [0.3, 0.4) is 0 Å². The number of hydrogen-bond donors (Lipinski definition) is 0. The van der Waals surface area contributed by atoms with Crippen molar-refractivity contribution in [2.24, 2.45) is 0 Å². The summed E-state index contributed by atoms with van der Waals surface area (Å²) in [5, 5.41) is 0. The molecule has 0 bridgehead atoms. The normalized spacial score (nSPS) is 33.3. The molecule has 0 aromatic rings. The van der Waals surface area contributed by atoms with Crippen LogP contribution in [0.15, 0.2) is 24.1 Å². The molecule has 4 nitrogen and oxygen atoms in total. The molecule has 0 aromatic heterocycles. The van der Waals surface area contributed by atoms with E-state index in [1.54, 1.807) is 0 Å². The van der Waals surface area contributed by atoms with Gasteiger partial charge in [-0.05, 0) is 0 Å². The van der Waals surface area contributed by atoms with E-state index in [4.69, 9.17) is 0 Å². The molecule has 2 atom stereocenters. The molecular formula is C9F12O4. The molecule has 0 radical (unpaired) electrons. The van der Waals surface area contributed by atoms with Crippen molar-refractivity contribution in [2.45, 2.75) is 29.8 Å². The number of hydrogen-bond acceptors (Lipinski definition) is 4. The van der Waals surface area contributed by atoms with Gasteiger partial charge in [0.05, 0.1) is 0 Å². The highest BCUT2D eigenvalue weighted by Crippen LogP contribution is 2.63. The quantitative estimate of drug-likeness (QED) is 0.646. The lowest BCUT2D eigenvalue weighted by Gasteiger charge is -2.36. The van der Waals surface area contributed by atoms with Crippen LogP contribution in [0, 0.1) is 0 Å². The smallest absolute Gasteiger partial charge is 0.409 e. The van der Waals surface area contributed by atoms with Crippen molar-refractivity contribution in [3.8, 4) is 0 Å². The van der Waals surface area contributed by atoms with Crippen molar-refractivity contribution >= 4 is 0 Å². The van der Waals surface area contributed by atoms with Gasteiger partial charge >= 0.3 is 53.9 Å². The van der Waals surface area contributed by atoms with Crippen LogP contribution in [0.25, 0.3) is 0 Å². The second kappa shape index (κ2) is 4.94. The van der Waals surface area contributed by atoms with Crippen LogP contribution in [0.5, 0.6) is 0 Å². The summed E-state index contributed by atoms with van der Waals surface area (Å²) in [6.07, 6.45) is -19.2. The van der Waals surface area contributed by atoms with Crippen LogP contribution >= 0.6 is 0 Å². The van der Waals surface area contributed by atoms with Crippen molar-refractivity contribution in [1.29, 1.82) is 0 Å². The summed E-state index contributed by atoms with van der Waals surface area (Å²) >= 11 is 0. The van der Waals surface area contributed by atoms with Crippen LogP contribution in [0.4, 0.5) is 52.7 Å². The Hall–Kier alpha value is -2.16. The molecule has 2 aliphatic rings. The third kappa shape index (κ3) is 2.25. The molecule has 0 amide bonds. The van der Waals surface area contributed by atoms with Crippen molar-refractivity contribution in [3.63, 3.8) is 0 Å². The van der Waals surface area contributed by atoms with Crippen molar-refractivity contribution in [1.82, 2.24) is 0 Å². The summed E-state index contributed by atoms with van der Waals surface area (Å²) in [6.45, 7) is 0. The second-order valence-corrected chi connectivity index (χ2v) is 4.30. The number of ether oxygens (including phenoxy) is 4. The van der Waals surface area contributed by atoms with Crippen LogP contribution in [0.1, 0.15) is 0 Å². The van der Waals surface area contributed by atoms with Gasteiger partial charge in [0.25, 0.3) is 0 Å². The molecule has 0 aliphatic carbocycles. The third-order valence-electron chi connectivity index (χ3n) is 2.77. The summed E-state index contributed by atoms with van der Waals surface area (Å²) < 4.78 is 168. The maximum atomic E-state index is 13.9. The van der Waals surface area contributed by atoms with Gasteiger partial charge < -0.3 is 18.9 Å². The van der Waals surface area contributed by atoms with Gasteiger partial charge in [-0.25, -0.2) is 0 Å². The van der Waals surface area contributed by atoms with Crippen LogP contribution in [-0.4, -0.2) is 29.8 Å². The number of halogens is 12. The average molecular weight is 400 g/mol. The SMILES string of the molecule is FC(F)=C1OC(F)(F)C(F)(C(F)(F)C2(F)OC(=C(F)F)OC2(F)F)O1. The van der Waals surface area contributed by atoms with Gasteiger partial charge in [-0.1, -0.05) is 0 Å². The molecule has 0 spiro atoms. The second-order valence-electron chi connectivity index (χ2n) is 4.30. The van der Waals surface area contributed by atoms with E-state index in [0.717, 1.165) is 0 Å². The van der Waals surface area contributed by atoms with E-state index in [9.17, 15) is 52.7 Å². The van der Waals surface area contributed by atoms with E-state index in [1.165, 1.54) is 0 Å². The molecule has 2 saturated heterocycles. The summed E-state index contributed by atoms with van der Waals surface area (Å²) in [6, 6.07) is 0. The molecule has 2 fully saturated rings. The zero-order valence-corrected chi connectivity index (χ0v) is 10.7. The number of alkyl halides is 8. The first-order valence-corrected chi connectivity index (χ1v) is 5.40. The Morgan fingerprint density at radius 3 is 1.08 bits per heavy atom. The fourth-order valence-electron chi connectivity index (χ4n) is 1.63. The summed E-state index contributed by atoms with van der Waals surface area (Å²) in [4.78, 5) is 0. The first-order valence-electron chi connectivity index (χ1n) is 5.40. The van der Waals surface area contributed by atoms with Crippen molar-refractivity contribution in [3.05, 3.63) is 24.1 Å². The Bertz CT molecular complexity index is 597. The molecule has 0 N–H and O–H groups in total. The molecule has 0 saturated carbocycles. The van der Waals surface area contributed by atoms with Gasteiger partial charge in [0.15, 0.2) is 0 Å². The molecule has 2 aliphatic heterocycles. The average Bonchev–Trinajstić information content (AvgIpc) is 2.83. The third-order valence-corrected chi connectivity index (χ3v) is 2.77. The van der Waals surface area contributed by atoms with Crippen molar-refractivity contribution in [2.75, 3.05) is 0 Å². The minimum atomic E-state index is -6.93. The monoisotopic (exact) mass is 400 g/mol. The Morgan fingerprint density at radius 2 is 0.880 bits per heavy atom. The fraction of sp³-hybridized carbons (Fsp3) is 0.556. The van der Waals surface area contributed by atoms with E-state index < -0.39 is 53.9 Å². The standard InChI is InChI=1S/C9F12O4/c10-1(11)3-22-6(16,8(18,19)24-3)5(14,15)7(17)9(20,21)25-4(23-7)2(12)13. The van der Waals surface area contributed by atoms with Gasteiger partial charge in [-0.2, -0.15) is 52.7 Å². The Kier molecular flexibility index (Phi) is 3.78. The minimum absolute atomic E-state index is 2.71. The summed E-state index contributed by atoms with van der Waals surface area (Å²) in [5.74, 6) is -25.4. The van der Waals surface area contributed by atoms with Crippen LogP contribution in [0.2, 0.25) is 0 Å². The molecule has 25 heavy (non-hydrogen) atoms. The largest absolute Gasteiger partial charge is 0.480 e. The lowest BCUT2D eigenvalue weighted by atomic mass is 10.00. The minimum Gasteiger partial charge on any atom is -0.409 e. The summed E-state index contributed by atoms with van der Waals surface area (Å²) in [5.41, 5.74) is 0. The predicted octanol–water partition coefficient (Wildman–Crippen LogP) is 4.36. The highest BCUT2D eigenvalue weighted by Gasteiger charge is 2.94. The van der Waals surface area contributed by atoms with Gasteiger partial charge in [-0.15, -0.1) is 0 Å². The summed E-state index contributed by atoms with van der Waals surface area (Å²) in [7, 11) is 0. The lowest BCUT2D eigenvalue weighted by molar-refractivity contribution is -0.443. The first kappa shape index (κ1) is 19.2. The number of rotatable bonds is 2. The predicted molar refractivity (Wildman–Crippen MR) is 45.3 cm³/mol. The lowest BCUT2D eigenvalue weighted by Crippen LogP contribution is -2.69. The maximum absolute atomic E-state index is 13.9.